The summed E-state index contributed by atoms with van der Waals surface area (Å²) in [5.41, 5.74) is 1.11. The molecule has 0 aromatic heterocycles. The van der Waals surface area contributed by atoms with Gasteiger partial charge in [0.05, 0.1) is 14.9 Å². The van der Waals surface area contributed by atoms with Gasteiger partial charge in [-0.05, 0) is 29.8 Å². The average Bonchev–Trinajstić information content (AvgIpc) is 2.48. The van der Waals surface area contributed by atoms with Gasteiger partial charge in [-0.1, -0.05) is 41.4 Å². The van der Waals surface area contributed by atoms with Crippen LogP contribution in [0.1, 0.15) is 15.9 Å². The summed E-state index contributed by atoms with van der Waals surface area (Å²) < 4.78 is 26.7. The Hall–Kier alpha value is -1.40. The zero-order chi connectivity index (χ0) is 15.5. The van der Waals surface area contributed by atoms with E-state index in [9.17, 15) is 13.2 Å². The lowest BCUT2D eigenvalue weighted by molar-refractivity contribution is 0.112. The predicted molar refractivity (Wildman–Crippen MR) is 82.3 cm³/mol. The van der Waals surface area contributed by atoms with Crippen molar-refractivity contribution in [3.8, 4) is 0 Å². The van der Waals surface area contributed by atoms with Crippen LogP contribution in [0.4, 0.5) is 0 Å². The van der Waals surface area contributed by atoms with Crippen LogP contribution in [0.2, 0.25) is 10.0 Å². The lowest BCUT2D eigenvalue weighted by atomic mass is 10.2. The number of carbonyl (C=O) groups excluding carboxylic acids is 1. The van der Waals surface area contributed by atoms with Crippen molar-refractivity contribution in [1.82, 2.24) is 4.72 Å². The molecule has 0 atom stereocenters. The summed E-state index contributed by atoms with van der Waals surface area (Å²) in [5, 5.41) is 0.774. The van der Waals surface area contributed by atoms with E-state index in [-0.39, 0.29) is 11.4 Å². The highest BCUT2D eigenvalue weighted by Gasteiger charge is 2.13. The lowest BCUT2D eigenvalue weighted by Gasteiger charge is -2.08. The molecule has 4 nitrogen and oxygen atoms in total. The van der Waals surface area contributed by atoms with E-state index < -0.39 is 10.0 Å². The first-order chi connectivity index (χ1) is 9.92. The minimum Gasteiger partial charge on any atom is -0.298 e. The van der Waals surface area contributed by atoms with Crippen LogP contribution in [0, 0.1) is 0 Å². The Morgan fingerprint density at radius 1 is 1.00 bits per heavy atom. The van der Waals surface area contributed by atoms with Crippen molar-refractivity contribution in [2.75, 3.05) is 0 Å². The maximum absolute atomic E-state index is 12.1. The molecule has 0 aliphatic rings. The van der Waals surface area contributed by atoms with E-state index in [4.69, 9.17) is 23.2 Å². The molecular formula is C14H11Cl2NO3S. The van der Waals surface area contributed by atoms with Crippen LogP contribution in [-0.2, 0) is 16.6 Å². The fraction of sp³-hybridized carbons (Fsp3) is 0.0714. The highest BCUT2D eigenvalue weighted by atomic mass is 35.5. The van der Waals surface area contributed by atoms with Crippen molar-refractivity contribution in [1.29, 1.82) is 0 Å². The Labute approximate surface area is 132 Å². The molecule has 2 aromatic carbocycles. The molecule has 21 heavy (non-hydrogen) atoms. The van der Waals surface area contributed by atoms with Crippen molar-refractivity contribution >= 4 is 39.5 Å². The molecule has 2 aromatic rings. The van der Waals surface area contributed by atoms with E-state index in [1.165, 1.54) is 24.3 Å². The molecule has 1 N–H and O–H groups in total. The van der Waals surface area contributed by atoms with E-state index in [1.54, 1.807) is 18.2 Å². The summed E-state index contributed by atoms with van der Waals surface area (Å²) in [4.78, 5) is 10.6. The molecule has 7 heteroatoms. The maximum atomic E-state index is 12.1. The number of carbonyl (C=O) groups is 1. The summed E-state index contributed by atoms with van der Waals surface area (Å²) in [6.45, 7) is 0.0919. The van der Waals surface area contributed by atoms with Gasteiger partial charge in [-0.15, -0.1) is 0 Å². The third kappa shape index (κ3) is 4.04. The molecule has 2 rings (SSSR count). The maximum Gasteiger partial charge on any atom is 0.240 e. The molecule has 0 bridgehead atoms. The van der Waals surface area contributed by atoms with Crippen molar-refractivity contribution < 1.29 is 13.2 Å². The Morgan fingerprint density at radius 2 is 1.67 bits per heavy atom. The molecule has 0 spiro atoms. The van der Waals surface area contributed by atoms with E-state index in [0.29, 0.717) is 27.5 Å². The Balaban J connectivity index is 2.13. The van der Waals surface area contributed by atoms with Crippen molar-refractivity contribution in [3.63, 3.8) is 0 Å². The smallest absolute Gasteiger partial charge is 0.240 e. The van der Waals surface area contributed by atoms with Gasteiger partial charge in [0.25, 0.3) is 0 Å². The number of nitrogens with one attached hydrogen (secondary N) is 1. The molecule has 0 saturated carbocycles. The second-order valence-electron chi connectivity index (χ2n) is 4.26. The van der Waals surface area contributed by atoms with Crippen molar-refractivity contribution in [2.45, 2.75) is 11.4 Å². The standard InChI is InChI=1S/C14H11Cl2NO3S/c15-13-6-3-11(7-14(13)16)8-17-21(19,20)12-4-1-10(9-18)2-5-12/h1-7,9,17H,8H2. The summed E-state index contributed by atoms with van der Waals surface area (Å²) in [7, 11) is -3.65. The van der Waals surface area contributed by atoms with Gasteiger partial charge in [0.15, 0.2) is 0 Å². The van der Waals surface area contributed by atoms with Gasteiger partial charge in [-0.2, -0.15) is 0 Å². The van der Waals surface area contributed by atoms with Gasteiger partial charge in [0.2, 0.25) is 10.0 Å². The fourth-order valence-electron chi connectivity index (χ4n) is 1.64. The largest absolute Gasteiger partial charge is 0.298 e. The van der Waals surface area contributed by atoms with Gasteiger partial charge < -0.3 is 0 Å². The van der Waals surface area contributed by atoms with Crippen LogP contribution in [-0.4, -0.2) is 14.7 Å². The lowest BCUT2D eigenvalue weighted by Crippen LogP contribution is -2.23. The third-order valence-corrected chi connectivity index (χ3v) is 4.93. The van der Waals surface area contributed by atoms with Crippen LogP contribution in [0.15, 0.2) is 47.4 Å². The monoisotopic (exact) mass is 343 g/mol. The van der Waals surface area contributed by atoms with Gasteiger partial charge >= 0.3 is 0 Å². The normalized spacial score (nSPS) is 11.3. The molecule has 0 radical (unpaired) electrons. The molecule has 0 aliphatic carbocycles. The number of hydrogen-bond acceptors (Lipinski definition) is 3. The fourth-order valence-corrected chi connectivity index (χ4v) is 2.98. The second-order valence-corrected chi connectivity index (χ2v) is 6.84. The number of rotatable bonds is 5. The molecule has 0 saturated heterocycles. The minimum atomic E-state index is -3.65. The van der Waals surface area contributed by atoms with Crippen LogP contribution < -0.4 is 4.72 Å². The van der Waals surface area contributed by atoms with Gasteiger partial charge in [0, 0.05) is 12.1 Å². The summed E-state index contributed by atoms with van der Waals surface area (Å²) in [6.07, 6.45) is 0.652. The van der Waals surface area contributed by atoms with Crippen LogP contribution in [0.25, 0.3) is 0 Å². The number of benzene rings is 2. The quantitative estimate of drug-likeness (QED) is 0.847. The molecule has 0 aliphatic heterocycles. The molecule has 0 heterocycles. The highest BCUT2D eigenvalue weighted by molar-refractivity contribution is 7.89. The van der Waals surface area contributed by atoms with Gasteiger partial charge in [-0.25, -0.2) is 13.1 Å². The van der Waals surface area contributed by atoms with E-state index in [0.717, 1.165) is 0 Å². The number of aldehydes is 1. The number of hydrogen-bond donors (Lipinski definition) is 1. The topological polar surface area (TPSA) is 63.2 Å². The van der Waals surface area contributed by atoms with Crippen molar-refractivity contribution in [2.24, 2.45) is 0 Å². The van der Waals surface area contributed by atoms with E-state index >= 15 is 0 Å². The van der Waals surface area contributed by atoms with Gasteiger partial charge in [-0.3, -0.25) is 4.79 Å². The Kier molecular flexibility index (Phi) is 5.00. The molecular weight excluding hydrogens is 333 g/mol. The SMILES string of the molecule is O=Cc1ccc(S(=O)(=O)NCc2ccc(Cl)c(Cl)c2)cc1. The minimum absolute atomic E-state index is 0.0909. The summed E-state index contributed by atoms with van der Waals surface area (Å²) in [6, 6.07) is 10.5. The highest BCUT2D eigenvalue weighted by Crippen LogP contribution is 2.22. The number of halogens is 2. The van der Waals surface area contributed by atoms with Crippen LogP contribution in [0.3, 0.4) is 0 Å². The first kappa shape index (κ1) is 16.0. The number of sulfonamides is 1. The Morgan fingerprint density at radius 3 is 2.24 bits per heavy atom. The average molecular weight is 344 g/mol. The summed E-state index contributed by atoms with van der Waals surface area (Å²) in [5.74, 6) is 0. The van der Waals surface area contributed by atoms with Crippen molar-refractivity contribution in [3.05, 3.63) is 63.6 Å². The first-order valence-corrected chi connectivity index (χ1v) is 8.15. The second kappa shape index (κ2) is 6.58. The van der Waals surface area contributed by atoms with Crippen LogP contribution in [0.5, 0.6) is 0 Å². The zero-order valence-electron chi connectivity index (χ0n) is 10.7. The van der Waals surface area contributed by atoms with E-state index in [1.807, 2.05) is 0 Å². The Bertz CT molecular complexity index is 758. The predicted octanol–water partition coefficient (Wildman–Crippen LogP) is 3.28. The zero-order valence-corrected chi connectivity index (χ0v) is 13.0. The summed E-state index contributed by atoms with van der Waals surface area (Å²) >= 11 is 11.7. The van der Waals surface area contributed by atoms with Gasteiger partial charge in [0.1, 0.15) is 6.29 Å². The molecule has 0 amide bonds. The first-order valence-electron chi connectivity index (χ1n) is 5.91. The van der Waals surface area contributed by atoms with Crippen LogP contribution >= 0.6 is 23.2 Å². The molecule has 0 unspecified atom stereocenters. The molecule has 110 valence electrons. The third-order valence-electron chi connectivity index (χ3n) is 2.78. The molecule has 0 fully saturated rings. The van der Waals surface area contributed by atoms with E-state index in [2.05, 4.69) is 4.72 Å².